The third-order valence-electron chi connectivity index (χ3n) is 13.5. The second-order valence-corrected chi connectivity index (χ2v) is 19.6. The van der Waals surface area contributed by atoms with Crippen molar-refractivity contribution >= 4 is 5.91 Å². The van der Waals surface area contributed by atoms with E-state index in [1.54, 1.807) is 0 Å². The highest BCUT2D eigenvalue weighted by Gasteiger charge is 2.44. The Kier molecular flexibility index (Phi) is 42.5. The second-order valence-electron chi connectivity index (χ2n) is 19.6. The molecule has 11 nitrogen and oxygen atoms in total. The third kappa shape index (κ3) is 33.2. The SMILES string of the molecule is CC/C=C/CC/C=C/CCCC(O)C(O)C(COC1OC(CO)C(O)C(O)C1O)NC(=O)C(O)CCCCCCCCCCCCCCCCCCCCCCCCCCCCCCCC. The van der Waals surface area contributed by atoms with Gasteiger partial charge in [-0.2, -0.15) is 0 Å². The minimum Gasteiger partial charge on any atom is -0.394 e. The fourth-order valence-corrected chi connectivity index (χ4v) is 9.00. The predicted octanol–water partition coefficient (Wildman–Crippen LogP) is 11.0. The van der Waals surface area contributed by atoms with Crippen LogP contribution in [0.25, 0.3) is 0 Å². The van der Waals surface area contributed by atoms with Crippen LogP contribution in [-0.2, 0) is 14.3 Å². The molecule has 1 amide bonds. The number of ether oxygens (including phenoxy) is 2. The van der Waals surface area contributed by atoms with Gasteiger partial charge in [-0.25, -0.2) is 0 Å². The highest BCUT2D eigenvalue weighted by molar-refractivity contribution is 5.80. The molecule has 1 rings (SSSR count). The van der Waals surface area contributed by atoms with Crippen molar-refractivity contribution in [3.63, 3.8) is 0 Å². The van der Waals surface area contributed by atoms with E-state index in [2.05, 4.69) is 37.4 Å². The lowest BCUT2D eigenvalue weighted by Crippen LogP contribution is -2.60. The molecule has 1 heterocycles. The summed E-state index contributed by atoms with van der Waals surface area (Å²) >= 11 is 0. The maximum atomic E-state index is 13.1. The van der Waals surface area contributed by atoms with E-state index in [0.29, 0.717) is 19.3 Å². The van der Waals surface area contributed by atoms with E-state index >= 15 is 0 Å². The Morgan fingerprint density at radius 3 is 1.36 bits per heavy atom. The van der Waals surface area contributed by atoms with Gasteiger partial charge in [0.2, 0.25) is 5.91 Å². The van der Waals surface area contributed by atoms with Gasteiger partial charge >= 0.3 is 0 Å². The molecule has 11 heteroatoms. The van der Waals surface area contributed by atoms with Crippen LogP contribution in [0.1, 0.15) is 251 Å². The van der Waals surface area contributed by atoms with E-state index in [0.717, 1.165) is 38.5 Å². The molecule has 1 saturated heterocycles. The van der Waals surface area contributed by atoms with Gasteiger partial charge in [0.1, 0.15) is 36.6 Å². The Bertz CT molecular complexity index is 1120. The number of hydrogen-bond donors (Lipinski definition) is 8. The Morgan fingerprint density at radius 1 is 0.530 bits per heavy atom. The van der Waals surface area contributed by atoms with Crippen LogP contribution in [0.5, 0.6) is 0 Å². The van der Waals surface area contributed by atoms with Crippen LogP contribution in [0.2, 0.25) is 0 Å². The van der Waals surface area contributed by atoms with Gasteiger partial charge in [0.05, 0.1) is 25.4 Å². The van der Waals surface area contributed by atoms with Gasteiger partial charge in [0.15, 0.2) is 6.29 Å². The summed E-state index contributed by atoms with van der Waals surface area (Å²) < 4.78 is 11.1. The molecule has 9 unspecified atom stereocenters. The van der Waals surface area contributed by atoms with Gasteiger partial charge in [0, 0.05) is 0 Å². The van der Waals surface area contributed by atoms with Crippen LogP contribution >= 0.6 is 0 Å². The molecule has 0 aliphatic carbocycles. The van der Waals surface area contributed by atoms with Gasteiger partial charge in [-0.15, -0.1) is 0 Å². The molecule has 390 valence electrons. The van der Waals surface area contributed by atoms with Crippen LogP contribution in [0, 0.1) is 0 Å². The van der Waals surface area contributed by atoms with Gasteiger partial charge < -0.3 is 50.5 Å². The monoisotopic (exact) mass is 940 g/mol. The largest absolute Gasteiger partial charge is 0.394 e. The lowest BCUT2D eigenvalue weighted by atomic mass is 9.98. The van der Waals surface area contributed by atoms with Crippen LogP contribution in [0.15, 0.2) is 24.3 Å². The number of unbranched alkanes of at least 4 members (excludes halogenated alkanes) is 31. The molecule has 0 radical (unpaired) electrons. The van der Waals surface area contributed by atoms with Crippen molar-refractivity contribution in [3.8, 4) is 0 Å². The Labute approximate surface area is 404 Å². The number of aliphatic hydroxyl groups excluding tert-OH is 7. The number of nitrogens with one attached hydrogen (secondary N) is 1. The van der Waals surface area contributed by atoms with Crippen LogP contribution in [0.4, 0.5) is 0 Å². The summed E-state index contributed by atoms with van der Waals surface area (Å²) in [6, 6.07) is -1.19. The van der Waals surface area contributed by atoms with Gasteiger partial charge in [-0.3, -0.25) is 4.79 Å². The zero-order valence-electron chi connectivity index (χ0n) is 42.4. The molecule has 1 aliphatic rings. The molecule has 0 spiro atoms. The molecule has 9 atom stereocenters. The molecular formula is C55H105NO10. The molecule has 0 aromatic rings. The number of aliphatic hydroxyl groups is 7. The van der Waals surface area contributed by atoms with Crippen molar-refractivity contribution in [2.75, 3.05) is 13.2 Å². The summed E-state index contributed by atoms with van der Waals surface area (Å²) in [7, 11) is 0. The molecular weight excluding hydrogens is 835 g/mol. The number of carbonyl (C=O) groups excluding carboxylic acids is 1. The van der Waals surface area contributed by atoms with E-state index < -0.39 is 74.2 Å². The molecule has 0 aromatic heterocycles. The van der Waals surface area contributed by atoms with Crippen LogP contribution in [-0.4, -0.2) is 110 Å². The molecule has 0 bridgehead atoms. The minimum absolute atomic E-state index is 0.246. The van der Waals surface area contributed by atoms with Gasteiger partial charge in [-0.1, -0.05) is 231 Å². The smallest absolute Gasteiger partial charge is 0.249 e. The summed E-state index contributed by atoms with van der Waals surface area (Å²) in [5.74, 6) is -0.709. The van der Waals surface area contributed by atoms with Crippen molar-refractivity contribution in [1.82, 2.24) is 5.32 Å². The van der Waals surface area contributed by atoms with Crippen molar-refractivity contribution < 1.29 is 50.0 Å². The van der Waals surface area contributed by atoms with Crippen LogP contribution in [0.3, 0.4) is 0 Å². The maximum Gasteiger partial charge on any atom is 0.249 e. The Hall–Kier alpha value is -1.41. The first-order valence-corrected chi connectivity index (χ1v) is 27.7. The first-order valence-electron chi connectivity index (χ1n) is 27.7. The summed E-state index contributed by atoms with van der Waals surface area (Å²) in [6.07, 6.45) is 41.5. The molecule has 1 fully saturated rings. The summed E-state index contributed by atoms with van der Waals surface area (Å²) in [5, 5.41) is 75.6. The minimum atomic E-state index is -1.67. The quantitative estimate of drug-likeness (QED) is 0.0215. The van der Waals surface area contributed by atoms with E-state index in [1.807, 2.05) is 6.08 Å². The van der Waals surface area contributed by atoms with Gasteiger partial charge in [0.25, 0.3) is 0 Å². The highest BCUT2D eigenvalue weighted by atomic mass is 16.7. The average Bonchev–Trinajstić information content (AvgIpc) is 3.32. The summed E-state index contributed by atoms with van der Waals surface area (Å²) in [6.45, 7) is 3.31. The van der Waals surface area contributed by atoms with Crippen molar-refractivity contribution in [2.24, 2.45) is 0 Å². The lowest BCUT2D eigenvalue weighted by molar-refractivity contribution is -0.303. The van der Waals surface area contributed by atoms with E-state index in [1.165, 1.54) is 167 Å². The van der Waals surface area contributed by atoms with E-state index in [9.17, 15) is 40.5 Å². The zero-order chi connectivity index (χ0) is 48.3. The number of allylic oxidation sites excluding steroid dienone is 4. The fraction of sp³-hybridized carbons (Fsp3) is 0.909. The maximum absolute atomic E-state index is 13.1. The third-order valence-corrected chi connectivity index (χ3v) is 13.5. The van der Waals surface area contributed by atoms with E-state index in [-0.39, 0.29) is 12.8 Å². The van der Waals surface area contributed by atoms with Crippen molar-refractivity contribution in [3.05, 3.63) is 24.3 Å². The van der Waals surface area contributed by atoms with Gasteiger partial charge in [-0.05, 0) is 44.9 Å². The molecule has 0 aromatic carbocycles. The summed E-state index contributed by atoms with van der Waals surface area (Å²) in [5.41, 5.74) is 0. The first-order chi connectivity index (χ1) is 32.2. The van der Waals surface area contributed by atoms with Crippen LogP contribution < -0.4 is 5.32 Å². The summed E-state index contributed by atoms with van der Waals surface area (Å²) in [4.78, 5) is 13.1. The standard InChI is InChI=1S/C55H105NO10/c1-3-5-7-9-11-13-14-15-16-17-18-19-20-21-22-23-24-25-26-27-28-29-30-31-32-33-35-37-39-41-43-48(59)54(64)56-46(45-65-55-53(63)52(62)51(61)49(44-57)66-55)50(60)47(58)42-40-38-36-34-12-10-8-6-4-2/h6,8,34,36,46-53,55,57-63H,3-5,7,9-33,35,37-45H2,1-2H3,(H,56,64)/b8-6+,36-34+. The zero-order valence-corrected chi connectivity index (χ0v) is 42.4. The average molecular weight is 940 g/mol. The molecule has 0 saturated carbocycles. The number of carbonyl (C=O) groups is 1. The first kappa shape index (κ1) is 62.6. The predicted molar refractivity (Wildman–Crippen MR) is 270 cm³/mol. The topological polar surface area (TPSA) is 189 Å². The highest BCUT2D eigenvalue weighted by Crippen LogP contribution is 2.23. The van der Waals surface area contributed by atoms with E-state index in [4.69, 9.17) is 9.47 Å². The molecule has 8 N–H and O–H groups in total. The fourth-order valence-electron chi connectivity index (χ4n) is 9.00. The number of amides is 1. The Balaban J connectivity index is 2.17. The molecule has 1 aliphatic heterocycles. The number of hydrogen-bond acceptors (Lipinski definition) is 10. The molecule has 66 heavy (non-hydrogen) atoms. The lowest BCUT2D eigenvalue weighted by Gasteiger charge is -2.40. The second kappa shape index (κ2) is 44.8. The van der Waals surface area contributed by atoms with Crippen molar-refractivity contribution in [2.45, 2.75) is 306 Å². The Morgan fingerprint density at radius 2 is 0.939 bits per heavy atom. The van der Waals surface area contributed by atoms with Crippen molar-refractivity contribution in [1.29, 1.82) is 0 Å². The number of rotatable bonds is 47. The normalized spacial score (nSPS) is 20.9.